The van der Waals surface area contributed by atoms with Gasteiger partial charge in [-0.15, -0.1) is 0 Å². The Labute approximate surface area is 129 Å². The Hall–Kier alpha value is -1.20. The van der Waals surface area contributed by atoms with Gasteiger partial charge in [0.2, 0.25) is 0 Å². The first kappa shape index (κ1) is 14.2. The first-order valence-electron chi connectivity index (χ1n) is 5.60. The highest BCUT2D eigenvalue weighted by Crippen LogP contribution is 2.29. The summed E-state index contributed by atoms with van der Waals surface area (Å²) in [5.74, 6) is 1.51. The molecule has 2 N–H and O–H groups in total. The minimum Gasteiger partial charge on any atom is -0.497 e. The van der Waals surface area contributed by atoms with E-state index in [-0.39, 0.29) is 0 Å². The van der Waals surface area contributed by atoms with Crippen LogP contribution < -0.4 is 15.2 Å². The van der Waals surface area contributed by atoms with Crippen molar-refractivity contribution >= 4 is 37.5 Å². The highest BCUT2D eigenvalue weighted by molar-refractivity contribution is 9.11. The van der Waals surface area contributed by atoms with Crippen LogP contribution in [0.5, 0.6) is 11.5 Å². The molecule has 0 fully saturated rings. The smallest absolute Gasteiger partial charge is 0.134 e. The van der Waals surface area contributed by atoms with Gasteiger partial charge in [-0.25, -0.2) is 0 Å². The number of anilines is 1. The van der Waals surface area contributed by atoms with Crippen LogP contribution in [0.15, 0.2) is 45.3 Å². The highest BCUT2D eigenvalue weighted by atomic mass is 79.9. The van der Waals surface area contributed by atoms with Crippen molar-refractivity contribution in [1.82, 2.24) is 0 Å². The molecule has 2 aromatic carbocycles. The molecule has 2 rings (SSSR count). The highest BCUT2D eigenvalue weighted by Gasteiger charge is 2.04. The van der Waals surface area contributed by atoms with Crippen molar-refractivity contribution in [3.63, 3.8) is 0 Å². The average Bonchev–Trinajstić information content (AvgIpc) is 2.37. The maximum absolute atomic E-state index is 5.80. The maximum atomic E-state index is 5.80. The fraction of sp³-hybridized carbons (Fsp3) is 0.143. The van der Waals surface area contributed by atoms with Crippen LogP contribution >= 0.6 is 31.9 Å². The second kappa shape index (κ2) is 6.30. The Kier molecular flexibility index (Phi) is 4.71. The fourth-order valence-electron chi connectivity index (χ4n) is 1.64. The molecule has 0 saturated carbocycles. The predicted molar refractivity (Wildman–Crippen MR) is 83.6 cm³/mol. The number of hydrogen-bond acceptors (Lipinski definition) is 3. The molecule has 19 heavy (non-hydrogen) atoms. The van der Waals surface area contributed by atoms with Crippen molar-refractivity contribution in [2.75, 3.05) is 12.8 Å². The van der Waals surface area contributed by atoms with Crippen molar-refractivity contribution in [2.45, 2.75) is 6.61 Å². The molecule has 0 unspecified atom stereocenters. The van der Waals surface area contributed by atoms with Crippen LogP contribution in [0.25, 0.3) is 0 Å². The number of halogens is 2. The molecular formula is C14H13Br2NO2. The Bertz CT molecular complexity index is 588. The van der Waals surface area contributed by atoms with E-state index in [1.54, 1.807) is 13.2 Å². The lowest BCUT2D eigenvalue weighted by molar-refractivity contribution is 0.303. The molecule has 0 amide bonds. The summed E-state index contributed by atoms with van der Waals surface area (Å²) < 4.78 is 12.8. The first-order valence-corrected chi connectivity index (χ1v) is 7.18. The van der Waals surface area contributed by atoms with Gasteiger partial charge < -0.3 is 15.2 Å². The second-order valence-electron chi connectivity index (χ2n) is 3.98. The van der Waals surface area contributed by atoms with Gasteiger partial charge in [-0.05, 0) is 51.8 Å². The standard InChI is InChI=1S/C14H13Br2NO2/c1-18-12-5-9(4-11(17)7-12)8-19-14-3-2-10(15)6-13(14)16/h2-7H,8,17H2,1H3. The third kappa shape index (κ3) is 3.88. The second-order valence-corrected chi connectivity index (χ2v) is 5.75. The van der Waals surface area contributed by atoms with Gasteiger partial charge in [-0.2, -0.15) is 0 Å². The average molecular weight is 387 g/mol. The van der Waals surface area contributed by atoms with Crippen molar-refractivity contribution in [2.24, 2.45) is 0 Å². The van der Waals surface area contributed by atoms with E-state index in [4.69, 9.17) is 15.2 Å². The van der Waals surface area contributed by atoms with Gasteiger partial charge in [-0.1, -0.05) is 15.9 Å². The van der Waals surface area contributed by atoms with Crippen LogP contribution in [-0.2, 0) is 6.61 Å². The summed E-state index contributed by atoms with van der Waals surface area (Å²) in [6.45, 7) is 0.432. The SMILES string of the molecule is COc1cc(N)cc(COc2ccc(Br)cc2Br)c1. The molecule has 0 bridgehead atoms. The number of ether oxygens (including phenoxy) is 2. The molecule has 2 aromatic rings. The van der Waals surface area contributed by atoms with Gasteiger partial charge >= 0.3 is 0 Å². The molecule has 0 aliphatic rings. The van der Waals surface area contributed by atoms with Crippen LogP contribution in [0, 0.1) is 0 Å². The van der Waals surface area contributed by atoms with Gasteiger partial charge in [0, 0.05) is 16.2 Å². The van der Waals surface area contributed by atoms with Crippen LogP contribution in [0.1, 0.15) is 5.56 Å². The molecule has 0 atom stereocenters. The number of nitrogens with two attached hydrogens (primary N) is 1. The largest absolute Gasteiger partial charge is 0.497 e. The van der Waals surface area contributed by atoms with E-state index in [1.807, 2.05) is 30.3 Å². The summed E-state index contributed by atoms with van der Waals surface area (Å²) >= 11 is 6.86. The van der Waals surface area contributed by atoms with Crippen molar-refractivity contribution in [1.29, 1.82) is 0 Å². The quantitative estimate of drug-likeness (QED) is 0.793. The molecule has 0 saturated heterocycles. The summed E-state index contributed by atoms with van der Waals surface area (Å²) in [6, 6.07) is 11.3. The lowest BCUT2D eigenvalue weighted by Gasteiger charge is -2.10. The van der Waals surface area contributed by atoms with E-state index in [0.717, 1.165) is 26.0 Å². The summed E-state index contributed by atoms with van der Waals surface area (Å²) in [7, 11) is 1.62. The number of hydrogen-bond donors (Lipinski definition) is 1. The summed E-state index contributed by atoms with van der Waals surface area (Å²) in [6.07, 6.45) is 0. The Morgan fingerprint density at radius 3 is 2.58 bits per heavy atom. The predicted octanol–water partition coefficient (Wildman–Crippen LogP) is 4.38. The monoisotopic (exact) mass is 385 g/mol. The zero-order valence-electron chi connectivity index (χ0n) is 10.3. The fourth-order valence-corrected chi connectivity index (χ4v) is 2.80. The zero-order chi connectivity index (χ0) is 13.8. The number of benzene rings is 2. The molecule has 0 heterocycles. The number of nitrogen functional groups attached to an aromatic ring is 1. The minimum atomic E-state index is 0.432. The lowest BCUT2D eigenvalue weighted by Crippen LogP contribution is -1.98. The Morgan fingerprint density at radius 2 is 1.89 bits per heavy atom. The molecular weight excluding hydrogens is 374 g/mol. The number of rotatable bonds is 4. The third-order valence-electron chi connectivity index (χ3n) is 2.51. The van der Waals surface area contributed by atoms with E-state index >= 15 is 0 Å². The van der Waals surface area contributed by atoms with Crippen molar-refractivity contribution < 1.29 is 9.47 Å². The van der Waals surface area contributed by atoms with E-state index < -0.39 is 0 Å². The molecule has 100 valence electrons. The van der Waals surface area contributed by atoms with Crippen molar-refractivity contribution in [3.05, 3.63) is 50.9 Å². The molecule has 0 aromatic heterocycles. The van der Waals surface area contributed by atoms with Gasteiger partial charge in [0.1, 0.15) is 18.1 Å². The van der Waals surface area contributed by atoms with E-state index in [9.17, 15) is 0 Å². The molecule has 5 heteroatoms. The minimum absolute atomic E-state index is 0.432. The van der Waals surface area contributed by atoms with Gasteiger partial charge in [0.25, 0.3) is 0 Å². The maximum Gasteiger partial charge on any atom is 0.134 e. The van der Waals surface area contributed by atoms with E-state index in [2.05, 4.69) is 31.9 Å². The van der Waals surface area contributed by atoms with Crippen LogP contribution in [0.3, 0.4) is 0 Å². The topological polar surface area (TPSA) is 44.5 Å². The summed E-state index contributed by atoms with van der Waals surface area (Å²) in [5.41, 5.74) is 7.43. The Morgan fingerprint density at radius 1 is 1.11 bits per heavy atom. The van der Waals surface area contributed by atoms with Crippen LogP contribution in [-0.4, -0.2) is 7.11 Å². The molecule has 3 nitrogen and oxygen atoms in total. The normalized spacial score (nSPS) is 10.3. The third-order valence-corrected chi connectivity index (χ3v) is 3.63. The van der Waals surface area contributed by atoms with Crippen LogP contribution in [0.4, 0.5) is 5.69 Å². The van der Waals surface area contributed by atoms with Gasteiger partial charge in [-0.3, -0.25) is 0 Å². The first-order chi connectivity index (χ1) is 9.08. The van der Waals surface area contributed by atoms with E-state index in [1.165, 1.54) is 0 Å². The molecule has 0 spiro atoms. The summed E-state index contributed by atoms with van der Waals surface area (Å²) in [5, 5.41) is 0. The van der Waals surface area contributed by atoms with Crippen LogP contribution in [0.2, 0.25) is 0 Å². The zero-order valence-corrected chi connectivity index (χ0v) is 13.5. The lowest BCUT2D eigenvalue weighted by atomic mass is 10.2. The van der Waals surface area contributed by atoms with Gasteiger partial charge in [0.05, 0.1) is 11.6 Å². The van der Waals surface area contributed by atoms with Gasteiger partial charge in [0.15, 0.2) is 0 Å². The summed E-state index contributed by atoms with van der Waals surface area (Å²) in [4.78, 5) is 0. The molecule has 0 aliphatic heterocycles. The number of methoxy groups -OCH3 is 1. The molecule has 0 radical (unpaired) electrons. The van der Waals surface area contributed by atoms with Crippen molar-refractivity contribution in [3.8, 4) is 11.5 Å². The molecule has 0 aliphatic carbocycles. The Balaban J connectivity index is 2.12. The van der Waals surface area contributed by atoms with E-state index in [0.29, 0.717) is 12.3 Å².